The number of alkyl halides is 6. The Kier molecular flexibility index (Phi) is 10.9. The van der Waals surface area contributed by atoms with Crippen molar-refractivity contribution in [3.05, 3.63) is 105 Å². The molecular formula is C33H34Cl2F6N4O. The van der Waals surface area contributed by atoms with E-state index in [1.165, 1.54) is 5.56 Å². The quantitative estimate of drug-likeness (QED) is 0.235. The molecule has 2 heterocycles. The molecule has 0 aromatic heterocycles. The number of likely N-dealkylation sites (tertiary alicyclic amines) is 1. The molecular weight excluding hydrogens is 653 g/mol. The molecule has 0 saturated carbocycles. The molecule has 1 unspecified atom stereocenters. The Labute approximate surface area is 274 Å². The summed E-state index contributed by atoms with van der Waals surface area (Å²) in [6.45, 7) is 3.43. The van der Waals surface area contributed by atoms with E-state index in [4.69, 9.17) is 23.2 Å². The minimum absolute atomic E-state index is 0.102. The number of nitrogens with one attached hydrogen (secondary N) is 1. The molecule has 1 N–H and O–H groups in total. The number of rotatable bonds is 9. The number of halogens is 8. The van der Waals surface area contributed by atoms with Crippen LogP contribution >= 0.6 is 23.2 Å². The molecule has 0 radical (unpaired) electrons. The lowest BCUT2D eigenvalue weighted by molar-refractivity contribution is -0.144. The third-order valence-electron chi connectivity index (χ3n) is 8.49. The number of hydrogen-bond acceptors (Lipinski definition) is 4. The average Bonchev–Trinajstić information content (AvgIpc) is 3.00. The second kappa shape index (κ2) is 14.5. The highest BCUT2D eigenvalue weighted by Gasteiger charge is 2.38. The van der Waals surface area contributed by atoms with Crippen molar-refractivity contribution in [1.82, 2.24) is 20.0 Å². The minimum atomic E-state index is -4.96. The molecule has 13 heteroatoms. The second-order valence-electron chi connectivity index (χ2n) is 11.9. The van der Waals surface area contributed by atoms with Crippen LogP contribution in [-0.2, 0) is 30.2 Å². The summed E-state index contributed by atoms with van der Waals surface area (Å²) in [5, 5.41) is 4.16. The van der Waals surface area contributed by atoms with Crippen LogP contribution in [0.1, 0.15) is 46.7 Å². The zero-order valence-corrected chi connectivity index (χ0v) is 26.4. The van der Waals surface area contributed by atoms with Gasteiger partial charge in [-0.05, 0) is 73.0 Å². The summed E-state index contributed by atoms with van der Waals surface area (Å²) < 4.78 is 80.8. The number of benzene rings is 3. The normalized spacial score (nSPS) is 19.2. The van der Waals surface area contributed by atoms with Crippen molar-refractivity contribution in [3.63, 3.8) is 0 Å². The summed E-state index contributed by atoms with van der Waals surface area (Å²) in [5.74, 6) is -0.287. The first-order chi connectivity index (χ1) is 21.8. The van der Waals surface area contributed by atoms with E-state index < -0.39 is 29.5 Å². The van der Waals surface area contributed by atoms with Crippen LogP contribution in [0, 0.1) is 0 Å². The fourth-order valence-electron chi connectivity index (χ4n) is 6.16. The summed E-state index contributed by atoms with van der Waals surface area (Å²) in [6, 6.07) is 16.5. The predicted molar refractivity (Wildman–Crippen MR) is 165 cm³/mol. The molecule has 2 aliphatic heterocycles. The third-order valence-corrected chi connectivity index (χ3v) is 9.23. The lowest BCUT2D eigenvalue weighted by Crippen LogP contribution is -2.54. The summed E-state index contributed by atoms with van der Waals surface area (Å²) in [7, 11) is 0. The number of carbonyl (C=O) groups excluding carboxylic acids is 1. The fraction of sp³-hybridized carbons (Fsp3) is 0.424. The van der Waals surface area contributed by atoms with E-state index in [1.54, 1.807) is 28.0 Å². The molecule has 46 heavy (non-hydrogen) atoms. The lowest BCUT2D eigenvalue weighted by atomic mass is 10.00. The Hall–Kier alpha value is -2.83. The number of hydrogen-bond donors (Lipinski definition) is 1. The van der Waals surface area contributed by atoms with Crippen LogP contribution in [0.3, 0.4) is 0 Å². The minimum Gasteiger partial charge on any atom is -0.332 e. The molecule has 2 saturated heterocycles. The van der Waals surface area contributed by atoms with E-state index >= 15 is 0 Å². The lowest BCUT2D eigenvalue weighted by Gasteiger charge is -2.42. The first-order valence-electron chi connectivity index (χ1n) is 15.0. The van der Waals surface area contributed by atoms with Crippen LogP contribution < -0.4 is 5.32 Å². The highest BCUT2D eigenvalue weighted by molar-refractivity contribution is 6.42. The van der Waals surface area contributed by atoms with E-state index in [9.17, 15) is 31.1 Å². The highest BCUT2D eigenvalue weighted by Crippen LogP contribution is 2.37. The molecule has 1 atom stereocenters. The van der Waals surface area contributed by atoms with Gasteiger partial charge in [-0.1, -0.05) is 59.6 Å². The van der Waals surface area contributed by atoms with Gasteiger partial charge in [-0.15, -0.1) is 0 Å². The molecule has 248 valence electrons. The maximum absolute atomic E-state index is 13.5. The number of nitrogens with zero attached hydrogens (tertiary/aromatic N) is 3. The maximum atomic E-state index is 13.5. The predicted octanol–water partition coefficient (Wildman–Crippen LogP) is 7.67. The van der Waals surface area contributed by atoms with Crippen molar-refractivity contribution in [3.8, 4) is 0 Å². The molecule has 1 amide bonds. The van der Waals surface area contributed by atoms with Crippen LogP contribution in [0.25, 0.3) is 0 Å². The second-order valence-corrected chi connectivity index (χ2v) is 12.7. The Bertz CT molecular complexity index is 1460. The first kappa shape index (κ1) is 34.5. The van der Waals surface area contributed by atoms with Crippen molar-refractivity contribution >= 4 is 29.1 Å². The van der Waals surface area contributed by atoms with E-state index in [0.29, 0.717) is 35.8 Å². The van der Waals surface area contributed by atoms with Gasteiger partial charge in [-0.2, -0.15) is 26.3 Å². The van der Waals surface area contributed by atoms with Crippen molar-refractivity contribution < 1.29 is 31.1 Å². The Morgan fingerprint density at radius 1 is 0.761 bits per heavy atom. The van der Waals surface area contributed by atoms with Gasteiger partial charge in [0.05, 0.1) is 33.8 Å². The van der Waals surface area contributed by atoms with Gasteiger partial charge in [0.25, 0.3) is 0 Å². The summed E-state index contributed by atoms with van der Waals surface area (Å²) >= 11 is 12.4. The van der Waals surface area contributed by atoms with Gasteiger partial charge in [0.1, 0.15) is 0 Å². The Morgan fingerprint density at radius 2 is 1.39 bits per heavy atom. The van der Waals surface area contributed by atoms with Crippen molar-refractivity contribution in [2.24, 2.45) is 0 Å². The largest absolute Gasteiger partial charge is 0.416 e. The molecule has 0 spiro atoms. The van der Waals surface area contributed by atoms with Gasteiger partial charge in [0.15, 0.2) is 0 Å². The fourth-order valence-corrected chi connectivity index (χ4v) is 6.47. The molecule has 3 aromatic carbocycles. The van der Waals surface area contributed by atoms with Crippen molar-refractivity contribution in [1.29, 1.82) is 0 Å². The molecule has 0 bridgehead atoms. The van der Waals surface area contributed by atoms with Gasteiger partial charge < -0.3 is 10.2 Å². The van der Waals surface area contributed by atoms with Crippen molar-refractivity contribution in [2.45, 2.75) is 50.4 Å². The van der Waals surface area contributed by atoms with E-state index in [0.717, 1.165) is 32.5 Å². The standard InChI is InChI=1S/C33H34Cl2F6N4O/c34-28-7-6-24(16-29(28)35)30-20-44(19-23-14-25(32(36,37)38)17-26(15-23)33(39,40)41)21-31(46)45(30)13-10-42-27-8-11-43(12-9-27)18-22-4-2-1-3-5-22/h1-7,14-17,27,30,42H,8-13,18-21H2. The van der Waals surface area contributed by atoms with E-state index in [2.05, 4.69) is 22.3 Å². The number of amides is 1. The topological polar surface area (TPSA) is 38.8 Å². The monoisotopic (exact) mass is 686 g/mol. The smallest absolute Gasteiger partial charge is 0.332 e. The van der Waals surface area contributed by atoms with E-state index in [1.807, 2.05) is 18.2 Å². The maximum Gasteiger partial charge on any atom is 0.416 e. The van der Waals surface area contributed by atoms with Crippen LogP contribution in [0.4, 0.5) is 26.3 Å². The van der Waals surface area contributed by atoms with Crippen LogP contribution in [0.2, 0.25) is 10.0 Å². The number of piperidine rings is 1. The molecule has 2 aliphatic rings. The molecule has 0 aliphatic carbocycles. The average molecular weight is 688 g/mol. The number of carbonyl (C=O) groups is 1. The van der Waals surface area contributed by atoms with Crippen molar-refractivity contribution in [2.75, 3.05) is 39.3 Å². The molecule has 3 aromatic rings. The SMILES string of the molecule is O=C1CN(Cc2cc(C(F)(F)F)cc(C(F)(F)F)c2)CC(c2ccc(Cl)c(Cl)c2)N1CCNC1CCN(Cc2ccccc2)CC1. The molecule has 2 fully saturated rings. The van der Waals surface area contributed by atoms with Gasteiger partial charge in [0.2, 0.25) is 5.91 Å². The van der Waals surface area contributed by atoms with Crippen LogP contribution in [0.15, 0.2) is 66.7 Å². The Balaban J connectivity index is 1.26. The summed E-state index contributed by atoms with van der Waals surface area (Å²) in [4.78, 5) is 19.2. The van der Waals surface area contributed by atoms with Gasteiger partial charge in [0, 0.05) is 38.8 Å². The zero-order chi connectivity index (χ0) is 33.1. The third kappa shape index (κ3) is 8.95. The summed E-state index contributed by atoms with van der Waals surface area (Å²) in [5.41, 5.74) is -1.02. The molecule has 5 rings (SSSR count). The highest BCUT2D eigenvalue weighted by atomic mass is 35.5. The first-order valence-corrected chi connectivity index (χ1v) is 15.8. The zero-order valence-electron chi connectivity index (χ0n) is 24.9. The van der Waals surface area contributed by atoms with Gasteiger partial charge in [-0.25, -0.2) is 0 Å². The van der Waals surface area contributed by atoms with Crippen LogP contribution in [-0.4, -0.2) is 65.9 Å². The van der Waals surface area contributed by atoms with Crippen LogP contribution in [0.5, 0.6) is 0 Å². The van der Waals surface area contributed by atoms with Gasteiger partial charge in [-0.3, -0.25) is 14.6 Å². The number of piperazine rings is 1. The van der Waals surface area contributed by atoms with Gasteiger partial charge >= 0.3 is 12.4 Å². The molecule has 5 nitrogen and oxygen atoms in total. The summed E-state index contributed by atoms with van der Waals surface area (Å²) in [6.07, 6.45) is -8.00. The Morgan fingerprint density at radius 3 is 2.00 bits per heavy atom. The van der Waals surface area contributed by atoms with E-state index in [-0.39, 0.29) is 48.2 Å².